The molecule has 2 aliphatic rings. The summed E-state index contributed by atoms with van der Waals surface area (Å²) in [5.74, 6) is 0.775. The van der Waals surface area contributed by atoms with Gasteiger partial charge in [0.15, 0.2) is 0 Å². The second-order valence-corrected chi connectivity index (χ2v) is 7.38. The molecule has 0 spiro atoms. The van der Waals surface area contributed by atoms with Gasteiger partial charge in [-0.15, -0.1) is 0 Å². The molecule has 2 aromatic rings. The van der Waals surface area contributed by atoms with Gasteiger partial charge in [-0.05, 0) is 56.6 Å². The third kappa shape index (κ3) is 3.87. The van der Waals surface area contributed by atoms with Crippen LogP contribution in [0.5, 0.6) is 5.88 Å². The highest BCUT2D eigenvalue weighted by Crippen LogP contribution is 2.29. The van der Waals surface area contributed by atoms with E-state index in [1.165, 1.54) is 48.9 Å². The number of rotatable bonds is 5. The molecule has 5 nitrogen and oxygen atoms in total. The predicted molar refractivity (Wildman–Crippen MR) is 97.5 cm³/mol. The van der Waals surface area contributed by atoms with E-state index in [1.54, 1.807) is 0 Å². The maximum atomic E-state index is 6.10. The molecule has 0 unspecified atom stereocenters. The lowest BCUT2D eigenvalue weighted by Gasteiger charge is -2.24. The van der Waals surface area contributed by atoms with Crippen LogP contribution in [0.4, 0.5) is 0 Å². The van der Waals surface area contributed by atoms with E-state index < -0.39 is 0 Å². The molecule has 1 N–H and O–H groups in total. The van der Waals surface area contributed by atoms with Crippen LogP contribution in [0.3, 0.4) is 0 Å². The van der Waals surface area contributed by atoms with Gasteiger partial charge in [-0.2, -0.15) is 5.10 Å². The first-order chi connectivity index (χ1) is 12.3. The lowest BCUT2D eigenvalue weighted by atomic mass is 9.93. The van der Waals surface area contributed by atoms with Gasteiger partial charge in [0.2, 0.25) is 5.88 Å². The minimum atomic E-state index is 0.348. The topological polar surface area (TPSA) is 52.0 Å². The molecule has 0 saturated heterocycles. The predicted octanol–water partition coefficient (Wildman–Crippen LogP) is 3.69. The molecule has 0 radical (unpaired) electrons. The molecular formula is C20H28N4O. The summed E-state index contributed by atoms with van der Waals surface area (Å²) in [6.45, 7) is 0.836. The van der Waals surface area contributed by atoms with Crippen molar-refractivity contribution >= 4 is 0 Å². The third-order valence-electron chi connectivity index (χ3n) is 5.57. The highest BCUT2D eigenvalue weighted by molar-refractivity contribution is 5.26. The molecule has 2 aliphatic carbocycles. The molecular weight excluding hydrogens is 312 g/mol. The van der Waals surface area contributed by atoms with E-state index in [2.05, 4.69) is 27.5 Å². The molecule has 1 fully saturated rings. The van der Waals surface area contributed by atoms with E-state index in [1.807, 2.05) is 24.1 Å². The second kappa shape index (κ2) is 7.56. The number of hydrogen-bond donors (Lipinski definition) is 1. The molecule has 0 aliphatic heterocycles. The first-order valence-corrected chi connectivity index (χ1v) is 9.65. The molecule has 2 heterocycles. The van der Waals surface area contributed by atoms with Gasteiger partial charge in [-0.1, -0.05) is 6.42 Å². The van der Waals surface area contributed by atoms with Crippen LogP contribution in [0.1, 0.15) is 67.8 Å². The maximum absolute atomic E-state index is 6.10. The van der Waals surface area contributed by atoms with Gasteiger partial charge in [-0.25, -0.2) is 4.98 Å². The number of hydrogen-bond acceptors (Lipinski definition) is 4. The van der Waals surface area contributed by atoms with Crippen LogP contribution in [-0.4, -0.2) is 20.9 Å². The Morgan fingerprint density at radius 2 is 2.08 bits per heavy atom. The lowest BCUT2D eigenvalue weighted by molar-refractivity contribution is 0.148. The Bertz CT molecular complexity index is 705. The number of aryl methyl sites for hydroxylation is 1. The zero-order valence-electron chi connectivity index (χ0n) is 15.1. The number of nitrogens with one attached hydrogen (secondary N) is 1. The molecule has 0 bridgehead atoms. The first kappa shape index (κ1) is 16.6. The van der Waals surface area contributed by atoms with Crippen LogP contribution >= 0.6 is 0 Å². The minimum Gasteiger partial charge on any atom is -0.474 e. The van der Waals surface area contributed by atoms with Gasteiger partial charge in [0.05, 0.1) is 6.20 Å². The highest BCUT2D eigenvalue weighted by Gasteiger charge is 2.23. The second-order valence-electron chi connectivity index (χ2n) is 7.38. The van der Waals surface area contributed by atoms with Gasteiger partial charge in [-0.3, -0.25) is 4.68 Å². The van der Waals surface area contributed by atoms with Crippen molar-refractivity contribution in [2.45, 2.75) is 70.1 Å². The molecule has 1 atom stereocenters. The third-order valence-corrected chi connectivity index (χ3v) is 5.57. The Balaban J connectivity index is 1.37. The summed E-state index contributed by atoms with van der Waals surface area (Å²) in [7, 11) is 2.04. The minimum absolute atomic E-state index is 0.348. The summed E-state index contributed by atoms with van der Waals surface area (Å²) in [6.07, 6.45) is 14.0. The Morgan fingerprint density at radius 1 is 1.20 bits per heavy atom. The Kier molecular flexibility index (Phi) is 5.02. The molecule has 134 valence electrons. The molecule has 5 heteroatoms. The zero-order valence-corrected chi connectivity index (χ0v) is 15.1. The Hall–Kier alpha value is -1.88. The van der Waals surface area contributed by atoms with Crippen molar-refractivity contribution in [3.8, 4) is 5.88 Å². The van der Waals surface area contributed by atoms with Gasteiger partial charge >= 0.3 is 0 Å². The Labute approximate surface area is 149 Å². The van der Waals surface area contributed by atoms with Crippen LogP contribution in [0.15, 0.2) is 24.5 Å². The lowest BCUT2D eigenvalue weighted by Crippen LogP contribution is -2.25. The van der Waals surface area contributed by atoms with E-state index in [0.717, 1.165) is 31.7 Å². The van der Waals surface area contributed by atoms with E-state index in [0.29, 0.717) is 12.1 Å². The molecule has 0 aromatic carbocycles. The molecule has 25 heavy (non-hydrogen) atoms. The fourth-order valence-corrected chi connectivity index (χ4v) is 4.14. The van der Waals surface area contributed by atoms with Crippen LogP contribution in [0.2, 0.25) is 0 Å². The summed E-state index contributed by atoms with van der Waals surface area (Å²) in [4.78, 5) is 4.40. The average Bonchev–Trinajstić information content (AvgIpc) is 3.03. The summed E-state index contributed by atoms with van der Waals surface area (Å²) in [6, 6.07) is 4.57. The van der Waals surface area contributed by atoms with Crippen molar-refractivity contribution in [2.75, 3.05) is 0 Å². The van der Waals surface area contributed by atoms with Crippen LogP contribution in [0, 0.1) is 0 Å². The smallest absolute Gasteiger partial charge is 0.213 e. The first-order valence-electron chi connectivity index (χ1n) is 9.65. The summed E-state index contributed by atoms with van der Waals surface area (Å²) < 4.78 is 8.11. The fraction of sp³-hybridized carbons (Fsp3) is 0.600. The number of aromatic nitrogens is 3. The molecule has 4 rings (SSSR count). The van der Waals surface area contributed by atoms with Gasteiger partial charge in [0.25, 0.3) is 0 Å². The number of ether oxygens (including phenoxy) is 1. The zero-order chi connectivity index (χ0) is 17.1. The van der Waals surface area contributed by atoms with Crippen molar-refractivity contribution in [3.05, 3.63) is 41.3 Å². The number of fused-ring (bicyclic) bond motifs is 1. The fourth-order valence-electron chi connectivity index (χ4n) is 4.14. The van der Waals surface area contributed by atoms with Crippen molar-refractivity contribution < 1.29 is 4.74 Å². The van der Waals surface area contributed by atoms with Gasteiger partial charge < -0.3 is 10.1 Å². The SMILES string of the molecule is Cn1ncc2c1CCC[C@H]2NCc1ccnc(OC2CCCCC2)c1. The largest absolute Gasteiger partial charge is 0.474 e. The summed E-state index contributed by atoms with van der Waals surface area (Å²) in [5, 5.41) is 8.13. The van der Waals surface area contributed by atoms with Crippen molar-refractivity contribution in [1.82, 2.24) is 20.1 Å². The molecule has 1 saturated carbocycles. The maximum Gasteiger partial charge on any atom is 0.213 e. The Morgan fingerprint density at radius 3 is 2.96 bits per heavy atom. The normalized spacial score (nSPS) is 21.1. The summed E-state index contributed by atoms with van der Waals surface area (Å²) in [5.41, 5.74) is 3.97. The quantitative estimate of drug-likeness (QED) is 0.902. The average molecular weight is 340 g/mol. The number of nitrogens with zero attached hydrogens (tertiary/aromatic N) is 3. The van der Waals surface area contributed by atoms with Crippen LogP contribution in [-0.2, 0) is 20.0 Å². The monoisotopic (exact) mass is 340 g/mol. The van der Waals surface area contributed by atoms with Crippen LogP contribution in [0.25, 0.3) is 0 Å². The van der Waals surface area contributed by atoms with E-state index in [9.17, 15) is 0 Å². The van der Waals surface area contributed by atoms with Crippen molar-refractivity contribution in [1.29, 1.82) is 0 Å². The number of pyridine rings is 1. The summed E-state index contributed by atoms with van der Waals surface area (Å²) >= 11 is 0. The van der Waals surface area contributed by atoms with Gasteiger partial charge in [0, 0.05) is 43.2 Å². The van der Waals surface area contributed by atoms with E-state index in [-0.39, 0.29) is 0 Å². The van der Waals surface area contributed by atoms with E-state index >= 15 is 0 Å². The van der Waals surface area contributed by atoms with Crippen LogP contribution < -0.4 is 10.1 Å². The highest BCUT2D eigenvalue weighted by atomic mass is 16.5. The van der Waals surface area contributed by atoms with Crippen molar-refractivity contribution in [2.24, 2.45) is 7.05 Å². The molecule has 0 amide bonds. The molecule has 2 aromatic heterocycles. The van der Waals surface area contributed by atoms with Gasteiger partial charge in [0.1, 0.15) is 6.10 Å². The standard InChI is InChI=1S/C20H28N4O/c1-24-19-9-5-8-18(17(19)14-23-24)22-13-15-10-11-21-20(12-15)25-16-6-3-2-4-7-16/h10-12,14,16,18,22H,2-9,13H2,1H3/t18-/m1/s1. The van der Waals surface area contributed by atoms with Crippen molar-refractivity contribution in [3.63, 3.8) is 0 Å². The van der Waals surface area contributed by atoms with E-state index in [4.69, 9.17) is 4.74 Å².